The Balaban J connectivity index is 0.00000161. The fourth-order valence-corrected chi connectivity index (χ4v) is 3.83. The summed E-state index contributed by atoms with van der Waals surface area (Å²) >= 11 is 0. The average Bonchev–Trinajstić information content (AvgIpc) is 2.82. The lowest BCUT2D eigenvalue weighted by Crippen LogP contribution is -2.45. The summed E-state index contributed by atoms with van der Waals surface area (Å²) in [6, 6.07) is 7.23. The van der Waals surface area contributed by atoms with Crippen LogP contribution in [0.3, 0.4) is 0 Å². The van der Waals surface area contributed by atoms with Crippen LogP contribution in [0.4, 0.5) is 0 Å². The molecule has 1 aromatic heterocycles. The number of nitrogens with zero attached hydrogens (tertiary/aromatic N) is 1. The molecule has 0 unspecified atom stereocenters. The molecule has 0 spiro atoms. The van der Waals surface area contributed by atoms with Crippen LogP contribution in [0, 0.1) is 0 Å². The summed E-state index contributed by atoms with van der Waals surface area (Å²) in [5.74, 6) is -0.152. The van der Waals surface area contributed by atoms with Crippen molar-refractivity contribution in [2.45, 2.75) is 24.6 Å². The fraction of sp³-hybridized carbons (Fsp3) is 0.462. The summed E-state index contributed by atoms with van der Waals surface area (Å²) in [6.45, 7) is 1.63. The van der Waals surface area contributed by atoms with Crippen molar-refractivity contribution in [1.82, 2.24) is 15.2 Å². The van der Waals surface area contributed by atoms with Crippen LogP contribution in [0.15, 0.2) is 28.8 Å². The molecule has 6 nitrogen and oxygen atoms in total. The first kappa shape index (κ1) is 16.2. The van der Waals surface area contributed by atoms with E-state index in [4.69, 9.17) is 4.52 Å². The normalized spacial score (nSPS) is 19.3. The summed E-state index contributed by atoms with van der Waals surface area (Å²) in [4.78, 5) is 0. The molecule has 116 valence electrons. The van der Waals surface area contributed by atoms with E-state index in [1.165, 1.54) is 0 Å². The van der Waals surface area contributed by atoms with Gasteiger partial charge >= 0.3 is 0 Å². The molecule has 1 saturated heterocycles. The molecule has 0 saturated carbocycles. The zero-order valence-corrected chi connectivity index (χ0v) is 13.0. The van der Waals surface area contributed by atoms with Crippen LogP contribution in [0.2, 0.25) is 0 Å². The predicted molar refractivity (Wildman–Crippen MR) is 82.9 cm³/mol. The van der Waals surface area contributed by atoms with Gasteiger partial charge in [-0.2, -0.15) is 0 Å². The number of benzene rings is 1. The van der Waals surface area contributed by atoms with Crippen LogP contribution in [-0.4, -0.2) is 32.7 Å². The molecular formula is C13H18ClN3O3S. The number of hydrogen-bond donors (Lipinski definition) is 2. The Labute approximate surface area is 129 Å². The van der Waals surface area contributed by atoms with Gasteiger partial charge in [0.1, 0.15) is 11.4 Å². The largest absolute Gasteiger partial charge is 0.356 e. The van der Waals surface area contributed by atoms with Gasteiger partial charge in [0.2, 0.25) is 10.0 Å². The highest BCUT2D eigenvalue weighted by Gasteiger charge is 2.22. The molecule has 1 aliphatic rings. The van der Waals surface area contributed by atoms with Crippen molar-refractivity contribution in [3.63, 3.8) is 0 Å². The zero-order chi connectivity index (χ0) is 14.0. The van der Waals surface area contributed by atoms with Crippen molar-refractivity contribution in [2.75, 3.05) is 13.1 Å². The second-order valence-corrected chi connectivity index (χ2v) is 6.80. The van der Waals surface area contributed by atoms with Crippen molar-refractivity contribution < 1.29 is 12.9 Å². The minimum absolute atomic E-state index is 0. The molecule has 1 aromatic carbocycles. The van der Waals surface area contributed by atoms with Gasteiger partial charge in [0.15, 0.2) is 5.58 Å². The fourth-order valence-electron chi connectivity index (χ4n) is 2.47. The standard InChI is InChI=1S/C13H17N3O3S.ClH/c17-20(18,16-10-4-3-7-14-8-10)9-12-11-5-1-2-6-13(11)19-15-12;/h1-2,5-6,10,14,16H,3-4,7-9H2;1H/t10-;/m1./s1. The van der Waals surface area contributed by atoms with E-state index < -0.39 is 10.0 Å². The maximum Gasteiger partial charge on any atom is 0.217 e. The van der Waals surface area contributed by atoms with Gasteiger partial charge in [-0.3, -0.25) is 0 Å². The molecular weight excluding hydrogens is 314 g/mol. The third kappa shape index (κ3) is 3.94. The van der Waals surface area contributed by atoms with Crippen LogP contribution in [0.5, 0.6) is 0 Å². The monoisotopic (exact) mass is 331 g/mol. The molecule has 0 amide bonds. The number of nitrogens with one attached hydrogen (secondary N) is 2. The second-order valence-electron chi connectivity index (χ2n) is 5.05. The van der Waals surface area contributed by atoms with E-state index in [2.05, 4.69) is 15.2 Å². The second kappa shape index (κ2) is 6.74. The molecule has 1 aliphatic heterocycles. The minimum Gasteiger partial charge on any atom is -0.356 e. The topological polar surface area (TPSA) is 84.2 Å². The third-order valence-corrected chi connectivity index (χ3v) is 4.77. The SMILES string of the molecule is Cl.O=S(=O)(Cc1noc2ccccc12)N[C@@H]1CCCNC1. The molecule has 1 fully saturated rings. The molecule has 1 atom stereocenters. The smallest absolute Gasteiger partial charge is 0.217 e. The molecule has 2 aromatic rings. The number of piperidine rings is 1. The van der Waals surface area contributed by atoms with Crippen molar-refractivity contribution >= 4 is 33.4 Å². The van der Waals surface area contributed by atoms with E-state index >= 15 is 0 Å². The van der Waals surface area contributed by atoms with Crippen molar-refractivity contribution in [1.29, 1.82) is 0 Å². The first-order chi connectivity index (χ1) is 9.64. The molecule has 21 heavy (non-hydrogen) atoms. The highest BCUT2D eigenvalue weighted by molar-refractivity contribution is 7.88. The Morgan fingerprint density at radius 1 is 1.38 bits per heavy atom. The number of hydrogen-bond acceptors (Lipinski definition) is 5. The highest BCUT2D eigenvalue weighted by atomic mass is 35.5. The predicted octanol–water partition coefficient (Wildman–Crippen LogP) is 1.42. The first-order valence-corrected chi connectivity index (χ1v) is 8.33. The number of para-hydroxylation sites is 1. The van der Waals surface area contributed by atoms with Gasteiger partial charge in [-0.15, -0.1) is 12.4 Å². The summed E-state index contributed by atoms with van der Waals surface area (Å²) in [6.07, 6.45) is 1.85. The summed E-state index contributed by atoms with van der Waals surface area (Å²) < 4.78 is 32.2. The molecule has 0 aliphatic carbocycles. The van der Waals surface area contributed by atoms with Crippen LogP contribution in [0.25, 0.3) is 11.0 Å². The Hall–Kier alpha value is -1.15. The van der Waals surface area contributed by atoms with Gasteiger partial charge in [0, 0.05) is 18.0 Å². The summed E-state index contributed by atoms with van der Waals surface area (Å²) in [5, 5.41) is 7.80. The number of fused-ring (bicyclic) bond motifs is 1. The van der Waals surface area contributed by atoms with Crippen molar-refractivity contribution in [2.24, 2.45) is 0 Å². The molecule has 2 heterocycles. The zero-order valence-electron chi connectivity index (χ0n) is 11.4. The van der Waals surface area contributed by atoms with Gasteiger partial charge in [0.25, 0.3) is 0 Å². The van der Waals surface area contributed by atoms with E-state index in [0.717, 1.165) is 24.8 Å². The van der Waals surface area contributed by atoms with Crippen molar-refractivity contribution in [3.8, 4) is 0 Å². The van der Waals surface area contributed by atoms with Gasteiger partial charge in [-0.05, 0) is 31.5 Å². The van der Waals surface area contributed by atoms with Gasteiger partial charge in [0.05, 0.1) is 0 Å². The lowest BCUT2D eigenvalue weighted by molar-refractivity contribution is 0.427. The number of rotatable bonds is 4. The van der Waals surface area contributed by atoms with Gasteiger partial charge < -0.3 is 9.84 Å². The number of aromatic nitrogens is 1. The molecule has 0 radical (unpaired) electrons. The molecule has 2 N–H and O–H groups in total. The maximum atomic E-state index is 12.2. The molecule has 3 rings (SSSR count). The van der Waals surface area contributed by atoms with E-state index in [9.17, 15) is 8.42 Å². The Kier molecular flexibility index (Phi) is 5.21. The summed E-state index contributed by atoms with van der Waals surface area (Å²) in [5.41, 5.74) is 1.06. The van der Waals surface area contributed by atoms with Crippen LogP contribution in [-0.2, 0) is 15.8 Å². The number of sulfonamides is 1. The lowest BCUT2D eigenvalue weighted by atomic mass is 10.1. The number of halogens is 1. The Bertz CT molecular complexity index is 696. The van der Waals surface area contributed by atoms with E-state index in [-0.39, 0.29) is 24.2 Å². The van der Waals surface area contributed by atoms with Crippen molar-refractivity contribution in [3.05, 3.63) is 30.0 Å². The molecule has 0 bridgehead atoms. The lowest BCUT2D eigenvalue weighted by Gasteiger charge is -2.23. The van der Waals surface area contributed by atoms with Gasteiger partial charge in [-0.1, -0.05) is 17.3 Å². The third-order valence-electron chi connectivity index (χ3n) is 3.42. The Morgan fingerprint density at radius 2 is 2.19 bits per heavy atom. The van der Waals surface area contributed by atoms with E-state index in [1.54, 1.807) is 6.07 Å². The van der Waals surface area contributed by atoms with Crippen LogP contribution < -0.4 is 10.0 Å². The first-order valence-electron chi connectivity index (χ1n) is 6.68. The van der Waals surface area contributed by atoms with E-state index in [0.29, 0.717) is 17.8 Å². The Morgan fingerprint density at radius 3 is 2.95 bits per heavy atom. The van der Waals surface area contributed by atoms with Gasteiger partial charge in [-0.25, -0.2) is 13.1 Å². The average molecular weight is 332 g/mol. The van der Waals surface area contributed by atoms with E-state index in [1.807, 2.05) is 18.2 Å². The highest BCUT2D eigenvalue weighted by Crippen LogP contribution is 2.19. The molecule has 8 heteroatoms. The van der Waals surface area contributed by atoms with Crippen LogP contribution in [0.1, 0.15) is 18.5 Å². The maximum absolute atomic E-state index is 12.2. The van der Waals surface area contributed by atoms with Crippen LogP contribution >= 0.6 is 12.4 Å². The quantitative estimate of drug-likeness (QED) is 0.885. The summed E-state index contributed by atoms with van der Waals surface area (Å²) in [7, 11) is -3.41. The minimum atomic E-state index is -3.41.